The maximum absolute atomic E-state index is 11.7. The Morgan fingerprint density at radius 3 is 2.88 bits per heavy atom. The standard InChI is InChI=1S/C10H14N4O2/c1-16-9-5-12-8(4-13-9)14-6-7(3-11)2-10(14)15/h4-5,7H,2-3,6,11H2,1H3. The second-order valence-corrected chi connectivity index (χ2v) is 3.73. The molecule has 1 aliphatic rings. The largest absolute Gasteiger partial charge is 0.480 e. The fourth-order valence-electron chi connectivity index (χ4n) is 1.72. The molecule has 0 saturated carbocycles. The number of amides is 1. The van der Waals surface area contributed by atoms with Crippen LogP contribution in [0.25, 0.3) is 0 Å². The summed E-state index contributed by atoms with van der Waals surface area (Å²) in [5, 5.41) is 0. The van der Waals surface area contributed by atoms with Crippen molar-refractivity contribution in [3.05, 3.63) is 12.4 Å². The Balaban J connectivity index is 2.15. The molecule has 86 valence electrons. The van der Waals surface area contributed by atoms with Gasteiger partial charge in [-0.25, -0.2) is 9.97 Å². The van der Waals surface area contributed by atoms with E-state index in [2.05, 4.69) is 9.97 Å². The number of rotatable bonds is 3. The van der Waals surface area contributed by atoms with Gasteiger partial charge in [0.15, 0.2) is 5.82 Å². The van der Waals surface area contributed by atoms with Crippen LogP contribution < -0.4 is 15.4 Å². The first-order chi connectivity index (χ1) is 7.74. The first kappa shape index (κ1) is 10.8. The molecule has 0 spiro atoms. The van der Waals surface area contributed by atoms with Crippen molar-refractivity contribution in [1.29, 1.82) is 0 Å². The maximum atomic E-state index is 11.7. The first-order valence-electron chi connectivity index (χ1n) is 5.11. The van der Waals surface area contributed by atoms with Crippen molar-refractivity contribution < 1.29 is 9.53 Å². The van der Waals surface area contributed by atoms with Crippen LogP contribution in [0.15, 0.2) is 12.4 Å². The van der Waals surface area contributed by atoms with E-state index in [4.69, 9.17) is 10.5 Å². The predicted octanol–water partition coefficient (Wildman–Crippen LogP) is -0.203. The molecule has 0 radical (unpaired) electrons. The highest BCUT2D eigenvalue weighted by molar-refractivity contribution is 5.94. The van der Waals surface area contributed by atoms with Gasteiger partial charge in [0.05, 0.1) is 19.5 Å². The molecule has 6 heteroatoms. The van der Waals surface area contributed by atoms with Crippen LogP contribution >= 0.6 is 0 Å². The minimum atomic E-state index is 0.0508. The predicted molar refractivity (Wildman–Crippen MR) is 58.1 cm³/mol. The molecule has 0 aromatic carbocycles. The van der Waals surface area contributed by atoms with Gasteiger partial charge in [-0.3, -0.25) is 9.69 Å². The Morgan fingerprint density at radius 2 is 2.38 bits per heavy atom. The van der Waals surface area contributed by atoms with Crippen molar-refractivity contribution in [2.24, 2.45) is 11.7 Å². The molecule has 1 fully saturated rings. The average Bonchev–Trinajstić information content (AvgIpc) is 2.71. The van der Waals surface area contributed by atoms with E-state index in [1.807, 2.05) is 0 Å². The summed E-state index contributed by atoms with van der Waals surface area (Å²) in [7, 11) is 1.52. The normalized spacial score (nSPS) is 20.2. The number of anilines is 1. The lowest BCUT2D eigenvalue weighted by molar-refractivity contribution is -0.117. The molecule has 0 aliphatic carbocycles. The fraction of sp³-hybridized carbons (Fsp3) is 0.500. The molecule has 2 N–H and O–H groups in total. The van der Waals surface area contributed by atoms with Crippen LogP contribution in [0.5, 0.6) is 5.88 Å². The number of ether oxygens (including phenoxy) is 1. The van der Waals surface area contributed by atoms with Gasteiger partial charge in [0.25, 0.3) is 0 Å². The van der Waals surface area contributed by atoms with Gasteiger partial charge in [-0.2, -0.15) is 0 Å². The number of hydrogen-bond acceptors (Lipinski definition) is 5. The highest BCUT2D eigenvalue weighted by Gasteiger charge is 2.30. The van der Waals surface area contributed by atoms with Crippen molar-refractivity contribution in [3.8, 4) is 5.88 Å². The van der Waals surface area contributed by atoms with Crippen molar-refractivity contribution in [1.82, 2.24) is 9.97 Å². The molecule has 1 atom stereocenters. The van der Waals surface area contributed by atoms with Crippen molar-refractivity contribution >= 4 is 11.7 Å². The lowest BCUT2D eigenvalue weighted by atomic mass is 10.1. The van der Waals surface area contributed by atoms with Crippen LogP contribution in [0.4, 0.5) is 5.82 Å². The molecule has 1 aromatic rings. The van der Waals surface area contributed by atoms with E-state index in [1.54, 1.807) is 4.90 Å². The van der Waals surface area contributed by atoms with Gasteiger partial charge in [0.1, 0.15) is 0 Å². The van der Waals surface area contributed by atoms with Crippen LogP contribution in [-0.2, 0) is 4.79 Å². The Kier molecular flexibility index (Phi) is 3.00. The topological polar surface area (TPSA) is 81.3 Å². The minimum Gasteiger partial charge on any atom is -0.480 e. The lowest BCUT2D eigenvalue weighted by Gasteiger charge is -2.14. The van der Waals surface area contributed by atoms with Crippen molar-refractivity contribution in [2.45, 2.75) is 6.42 Å². The monoisotopic (exact) mass is 222 g/mol. The zero-order chi connectivity index (χ0) is 11.5. The van der Waals surface area contributed by atoms with E-state index in [1.165, 1.54) is 19.5 Å². The molecule has 1 aromatic heterocycles. The molecule has 1 unspecified atom stereocenters. The highest BCUT2D eigenvalue weighted by atomic mass is 16.5. The van der Waals surface area contributed by atoms with Crippen LogP contribution in [0.3, 0.4) is 0 Å². The third kappa shape index (κ3) is 1.96. The molecule has 6 nitrogen and oxygen atoms in total. The summed E-state index contributed by atoms with van der Waals surface area (Å²) in [4.78, 5) is 21.4. The molecule has 2 rings (SSSR count). The highest BCUT2D eigenvalue weighted by Crippen LogP contribution is 2.22. The van der Waals surface area contributed by atoms with Crippen LogP contribution in [0.2, 0.25) is 0 Å². The number of nitrogens with zero attached hydrogens (tertiary/aromatic N) is 3. The summed E-state index contributed by atoms with van der Waals surface area (Å²) in [6, 6.07) is 0. The maximum Gasteiger partial charge on any atom is 0.232 e. The summed E-state index contributed by atoms with van der Waals surface area (Å²) in [5.74, 6) is 1.26. The van der Waals surface area contributed by atoms with Crippen molar-refractivity contribution in [2.75, 3.05) is 25.1 Å². The van der Waals surface area contributed by atoms with Crippen LogP contribution in [-0.4, -0.2) is 36.1 Å². The number of nitrogens with two attached hydrogens (primary N) is 1. The third-order valence-corrected chi connectivity index (χ3v) is 2.64. The lowest BCUT2D eigenvalue weighted by Crippen LogP contribution is -2.26. The molecule has 1 aliphatic heterocycles. The van der Waals surface area contributed by atoms with Gasteiger partial charge in [0, 0.05) is 13.0 Å². The third-order valence-electron chi connectivity index (χ3n) is 2.64. The van der Waals surface area contributed by atoms with Gasteiger partial charge in [-0.1, -0.05) is 0 Å². The van der Waals surface area contributed by atoms with Crippen LogP contribution in [0.1, 0.15) is 6.42 Å². The molecule has 1 saturated heterocycles. The Morgan fingerprint density at radius 1 is 1.56 bits per heavy atom. The molecular formula is C10H14N4O2. The second kappa shape index (κ2) is 4.44. The summed E-state index contributed by atoms with van der Waals surface area (Å²) >= 11 is 0. The van der Waals surface area contributed by atoms with E-state index in [0.717, 1.165) is 0 Å². The molecule has 16 heavy (non-hydrogen) atoms. The number of hydrogen-bond donors (Lipinski definition) is 1. The van der Waals surface area contributed by atoms with Gasteiger partial charge < -0.3 is 10.5 Å². The van der Waals surface area contributed by atoms with Crippen LogP contribution in [0, 0.1) is 5.92 Å². The van der Waals surface area contributed by atoms with E-state index in [0.29, 0.717) is 31.2 Å². The summed E-state index contributed by atoms with van der Waals surface area (Å²) < 4.78 is 4.90. The minimum absolute atomic E-state index is 0.0508. The summed E-state index contributed by atoms with van der Waals surface area (Å²) in [5.41, 5.74) is 5.55. The number of carbonyl (C=O) groups excluding carboxylic acids is 1. The zero-order valence-corrected chi connectivity index (χ0v) is 9.09. The van der Waals surface area contributed by atoms with Gasteiger partial charge >= 0.3 is 0 Å². The number of methoxy groups -OCH3 is 1. The van der Waals surface area contributed by atoms with Gasteiger partial charge in [-0.05, 0) is 12.5 Å². The van der Waals surface area contributed by atoms with Gasteiger partial charge in [0.2, 0.25) is 11.8 Å². The Bertz CT molecular complexity index is 379. The SMILES string of the molecule is COc1cnc(N2CC(CN)CC2=O)cn1. The summed E-state index contributed by atoms with van der Waals surface area (Å²) in [6.45, 7) is 1.14. The van der Waals surface area contributed by atoms with E-state index in [-0.39, 0.29) is 11.8 Å². The summed E-state index contributed by atoms with van der Waals surface area (Å²) in [6.07, 6.45) is 3.53. The number of aromatic nitrogens is 2. The average molecular weight is 222 g/mol. The molecule has 0 bridgehead atoms. The zero-order valence-electron chi connectivity index (χ0n) is 9.09. The van der Waals surface area contributed by atoms with E-state index >= 15 is 0 Å². The second-order valence-electron chi connectivity index (χ2n) is 3.73. The first-order valence-corrected chi connectivity index (χ1v) is 5.11. The van der Waals surface area contributed by atoms with Crippen molar-refractivity contribution in [3.63, 3.8) is 0 Å². The quantitative estimate of drug-likeness (QED) is 0.765. The Labute approximate surface area is 93.4 Å². The molecule has 1 amide bonds. The smallest absolute Gasteiger partial charge is 0.232 e. The molecule has 2 heterocycles. The molecular weight excluding hydrogens is 208 g/mol. The van der Waals surface area contributed by atoms with E-state index < -0.39 is 0 Å². The van der Waals surface area contributed by atoms with E-state index in [9.17, 15) is 4.79 Å². The fourth-order valence-corrected chi connectivity index (χ4v) is 1.72. The number of carbonyl (C=O) groups is 1. The Hall–Kier alpha value is -1.69. The van der Waals surface area contributed by atoms with Gasteiger partial charge in [-0.15, -0.1) is 0 Å².